The first-order chi connectivity index (χ1) is 14.6. The molecule has 3 rings (SSSR count). The molecule has 0 atom stereocenters. The highest BCUT2D eigenvalue weighted by Crippen LogP contribution is 2.29. The summed E-state index contributed by atoms with van der Waals surface area (Å²) >= 11 is 0. The van der Waals surface area contributed by atoms with Crippen molar-refractivity contribution in [2.24, 2.45) is 0 Å². The molecule has 0 saturated heterocycles. The predicted octanol–water partition coefficient (Wildman–Crippen LogP) is 6.13. The number of hydrogen-bond donors (Lipinski definition) is 0. The fraction of sp³-hybridized carbons (Fsp3) is 0.500. The third-order valence-electron chi connectivity index (χ3n) is 4.81. The largest absolute Gasteiger partial charge is 0.534 e. The minimum atomic E-state index is -5.47. The minimum Gasteiger partial charge on any atom is -0.462 e. The van der Waals surface area contributed by atoms with Crippen molar-refractivity contribution in [1.29, 1.82) is 0 Å². The van der Waals surface area contributed by atoms with Crippen molar-refractivity contribution in [2.75, 3.05) is 6.61 Å². The monoisotopic (exact) mass is 460 g/mol. The van der Waals surface area contributed by atoms with Crippen LogP contribution in [0.2, 0.25) is 0 Å². The molecule has 172 valence electrons. The molecule has 2 aliphatic rings. The Kier molecular flexibility index (Phi) is 9.15. The molecule has 0 fully saturated rings. The van der Waals surface area contributed by atoms with E-state index in [2.05, 4.69) is 10.3 Å². The second-order valence-corrected chi connectivity index (χ2v) is 8.71. The van der Waals surface area contributed by atoms with Crippen LogP contribution in [0.4, 0.5) is 13.2 Å². The highest BCUT2D eigenvalue weighted by atomic mass is 32.2. The van der Waals surface area contributed by atoms with Gasteiger partial charge in [0.1, 0.15) is 5.76 Å². The molecular formula is C22H27F3O5S. The molecule has 5 nitrogen and oxygen atoms in total. The molecule has 0 bridgehead atoms. The van der Waals surface area contributed by atoms with Crippen LogP contribution in [0.15, 0.2) is 42.2 Å². The van der Waals surface area contributed by atoms with Gasteiger partial charge in [-0.25, -0.2) is 4.79 Å². The van der Waals surface area contributed by atoms with E-state index in [0.29, 0.717) is 25.0 Å². The fourth-order valence-corrected chi connectivity index (χ4v) is 3.74. The van der Waals surface area contributed by atoms with Crippen LogP contribution >= 0.6 is 0 Å². The maximum atomic E-state index is 11.8. The molecule has 0 amide bonds. The van der Waals surface area contributed by atoms with Crippen LogP contribution < -0.4 is 0 Å². The van der Waals surface area contributed by atoms with Crippen LogP contribution in [0.3, 0.4) is 0 Å². The molecule has 0 N–H and O–H groups in total. The number of alkyl halides is 3. The summed E-state index contributed by atoms with van der Waals surface area (Å²) in [6.07, 6.45) is 10.9. The van der Waals surface area contributed by atoms with Crippen molar-refractivity contribution >= 4 is 21.7 Å². The Morgan fingerprint density at radius 3 is 2.06 bits per heavy atom. The van der Waals surface area contributed by atoms with E-state index in [0.717, 1.165) is 12.8 Å². The number of ether oxygens (including phenoxy) is 1. The third-order valence-corrected chi connectivity index (χ3v) is 5.81. The Balaban J connectivity index is 0.000000225. The van der Waals surface area contributed by atoms with Gasteiger partial charge in [-0.15, -0.1) is 0 Å². The van der Waals surface area contributed by atoms with Crippen molar-refractivity contribution < 1.29 is 35.3 Å². The highest BCUT2D eigenvalue weighted by Gasteiger charge is 2.48. The molecule has 0 radical (unpaired) electrons. The Labute approximate surface area is 181 Å². The standard InChI is InChI=1S/C15H18O2.C7H9F3O3S/c1-2-17-15(16)14-10-8-13(9-11-14)12-6-4-3-5-7-12;8-7(9,10)14(11,12)13-6-4-2-1-3-5-6/h6,8-11H,2-5,7H2,1H3;4H,1-3,5H2. The predicted molar refractivity (Wildman–Crippen MR) is 111 cm³/mol. The fourth-order valence-electron chi connectivity index (χ4n) is 3.21. The molecule has 9 heteroatoms. The van der Waals surface area contributed by atoms with Crippen LogP contribution in [-0.4, -0.2) is 26.5 Å². The van der Waals surface area contributed by atoms with Gasteiger partial charge in [0.25, 0.3) is 0 Å². The molecule has 0 heterocycles. The summed E-state index contributed by atoms with van der Waals surface area (Å²) in [4.78, 5) is 11.5. The molecule has 1 aromatic carbocycles. The van der Waals surface area contributed by atoms with Crippen molar-refractivity contribution in [3.63, 3.8) is 0 Å². The van der Waals surface area contributed by atoms with Crippen LogP contribution in [0.1, 0.15) is 74.2 Å². The van der Waals surface area contributed by atoms with Crippen LogP contribution in [0.5, 0.6) is 0 Å². The van der Waals surface area contributed by atoms with Gasteiger partial charge in [0, 0.05) is 6.42 Å². The summed E-state index contributed by atoms with van der Waals surface area (Å²) in [7, 11) is -5.47. The summed E-state index contributed by atoms with van der Waals surface area (Å²) < 4.78 is 65.5. The molecule has 2 aliphatic carbocycles. The smallest absolute Gasteiger partial charge is 0.462 e. The lowest BCUT2D eigenvalue weighted by Crippen LogP contribution is -2.25. The minimum absolute atomic E-state index is 0.103. The Morgan fingerprint density at radius 2 is 1.58 bits per heavy atom. The number of carbonyl (C=O) groups is 1. The maximum absolute atomic E-state index is 11.8. The van der Waals surface area contributed by atoms with Crippen LogP contribution in [0, 0.1) is 0 Å². The van der Waals surface area contributed by atoms with Crippen molar-refractivity contribution in [2.45, 2.75) is 63.8 Å². The van der Waals surface area contributed by atoms with E-state index in [1.807, 2.05) is 31.2 Å². The van der Waals surface area contributed by atoms with E-state index < -0.39 is 15.6 Å². The number of allylic oxidation sites excluding steroid dienone is 4. The second kappa shape index (κ2) is 11.4. The molecule has 0 saturated carbocycles. The zero-order chi connectivity index (χ0) is 22.9. The van der Waals surface area contributed by atoms with Gasteiger partial charge in [-0.05, 0) is 81.2 Å². The summed E-state index contributed by atoms with van der Waals surface area (Å²) in [6, 6.07) is 7.73. The first-order valence-electron chi connectivity index (χ1n) is 10.3. The summed E-state index contributed by atoms with van der Waals surface area (Å²) in [5, 5.41) is 0. The average molecular weight is 461 g/mol. The molecule has 0 aromatic heterocycles. The summed E-state index contributed by atoms with van der Waals surface area (Å²) in [5.74, 6) is -0.342. The van der Waals surface area contributed by atoms with Gasteiger partial charge in [-0.2, -0.15) is 21.6 Å². The number of carbonyl (C=O) groups excluding carboxylic acids is 1. The van der Waals surface area contributed by atoms with E-state index in [-0.39, 0.29) is 18.1 Å². The molecule has 0 spiro atoms. The van der Waals surface area contributed by atoms with Crippen molar-refractivity contribution in [1.82, 2.24) is 0 Å². The van der Waals surface area contributed by atoms with Gasteiger partial charge in [0.2, 0.25) is 0 Å². The lowest BCUT2D eigenvalue weighted by Gasteiger charge is -2.14. The third kappa shape index (κ3) is 7.72. The Bertz CT molecular complexity index is 900. The highest BCUT2D eigenvalue weighted by molar-refractivity contribution is 7.87. The number of rotatable bonds is 5. The SMILES string of the molecule is CCOC(=O)c1ccc(C2=CCCCC2)cc1.O=S(=O)(OC1=CCCCC1)C(F)(F)F. The summed E-state index contributed by atoms with van der Waals surface area (Å²) in [6.45, 7) is 2.24. The zero-order valence-corrected chi connectivity index (χ0v) is 18.2. The van der Waals surface area contributed by atoms with Crippen LogP contribution in [-0.2, 0) is 19.0 Å². The second-order valence-electron chi connectivity index (χ2n) is 7.17. The molecule has 0 unspecified atom stereocenters. The lowest BCUT2D eigenvalue weighted by molar-refractivity contribution is -0.0524. The topological polar surface area (TPSA) is 69.7 Å². The molecular weight excluding hydrogens is 433 g/mol. The molecule has 31 heavy (non-hydrogen) atoms. The van der Waals surface area contributed by atoms with Crippen molar-refractivity contribution in [3.05, 3.63) is 53.3 Å². The molecule has 0 aliphatic heterocycles. The van der Waals surface area contributed by atoms with Gasteiger partial charge in [0.15, 0.2) is 0 Å². The van der Waals surface area contributed by atoms with Gasteiger partial charge in [0.05, 0.1) is 12.2 Å². The zero-order valence-electron chi connectivity index (χ0n) is 17.4. The lowest BCUT2D eigenvalue weighted by atomic mass is 9.93. The van der Waals surface area contributed by atoms with Crippen LogP contribution in [0.25, 0.3) is 5.57 Å². The summed E-state index contributed by atoms with van der Waals surface area (Å²) in [5.41, 5.74) is -2.07. The number of esters is 1. The number of benzene rings is 1. The van der Waals surface area contributed by atoms with Crippen molar-refractivity contribution in [3.8, 4) is 0 Å². The average Bonchev–Trinajstić information content (AvgIpc) is 2.75. The van der Waals surface area contributed by atoms with E-state index in [9.17, 15) is 26.4 Å². The Hall–Kier alpha value is -2.29. The number of hydrogen-bond acceptors (Lipinski definition) is 5. The maximum Gasteiger partial charge on any atom is 0.534 e. The van der Waals surface area contributed by atoms with E-state index in [4.69, 9.17) is 4.74 Å². The van der Waals surface area contributed by atoms with E-state index >= 15 is 0 Å². The first-order valence-corrected chi connectivity index (χ1v) is 11.7. The van der Waals surface area contributed by atoms with E-state index in [1.165, 1.54) is 36.5 Å². The van der Waals surface area contributed by atoms with Gasteiger partial charge < -0.3 is 8.92 Å². The van der Waals surface area contributed by atoms with Gasteiger partial charge >= 0.3 is 21.6 Å². The normalized spacial score (nSPS) is 16.9. The quantitative estimate of drug-likeness (QED) is 0.300. The molecule has 1 aromatic rings. The van der Waals surface area contributed by atoms with E-state index in [1.54, 1.807) is 0 Å². The first kappa shape index (κ1) is 25.0. The van der Waals surface area contributed by atoms with Gasteiger partial charge in [-0.1, -0.05) is 18.2 Å². The number of halogens is 3. The van der Waals surface area contributed by atoms with Gasteiger partial charge in [-0.3, -0.25) is 0 Å². The Morgan fingerprint density at radius 1 is 0.968 bits per heavy atom.